The first kappa shape index (κ1) is 25.1. The van der Waals surface area contributed by atoms with E-state index in [9.17, 15) is 0 Å². The summed E-state index contributed by atoms with van der Waals surface area (Å²) >= 11 is 0. The summed E-state index contributed by atoms with van der Waals surface area (Å²) in [6, 6.07) is 44.9. The van der Waals surface area contributed by atoms with Crippen molar-refractivity contribution in [2.45, 2.75) is 19.5 Å². The summed E-state index contributed by atoms with van der Waals surface area (Å²) in [5, 5.41) is 0. The third kappa shape index (κ3) is 2.88. The quantitative estimate of drug-likeness (QED) is 0.184. The molecule has 1 unspecified atom stereocenters. The minimum atomic E-state index is -0.759. The Morgan fingerprint density at radius 1 is 0.553 bits per heavy atom. The van der Waals surface area contributed by atoms with Gasteiger partial charge in [0.05, 0.1) is 28.7 Å². The highest BCUT2D eigenvalue weighted by Gasteiger charge is 2.73. The lowest BCUT2D eigenvalue weighted by molar-refractivity contribution is -0.999. The second-order valence-electron chi connectivity index (χ2n) is 12.7. The predicted octanol–water partition coefficient (Wildman–Crippen LogP) is 8.61. The van der Waals surface area contributed by atoms with Gasteiger partial charge in [0, 0.05) is 13.0 Å². The van der Waals surface area contributed by atoms with Crippen molar-refractivity contribution >= 4 is 17.1 Å². The van der Waals surface area contributed by atoms with E-state index >= 15 is 0 Å². The lowest BCUT2D eigenvalue weighted by Crippen LogP contribution is -2.77. The first-order valence-electron chi connectivity index (χ1n) is 16.0. The Morgan fingerprint density at radius 2 is 1.28 bits per heavy atom. The van der Waals surface area contributed by atoms with Gasteiger partial charge in [-0.25, -0.2) is 0 Å². The maximum atomic E-state index is 6.73. The van der Waals surface area contributed by atoms with Crippen LogP contribution in [-0.4, -0.2) is 4.68 Å². The van der Waals surface area contributed by atoms with Crippen LogP contribution in [0.4, 0.5) is 17.1 Å². The summed E-state index contributed by atoms with van der Waals surface area (Å²) in [4.78, 5) is 2.38. The van der Waals surface area contributed by atoms with Crippen molar-refractivity contribution in [3.8, 4) is 51.1 Å². The van der Waals surface area contributed by atoms with Crippen LogP contribution < -0.4 is 23.6 Å². The van der Waals surface area contributed by atoms with Gasteiger partial charge in [0.25, 0.3) is 0 Å². The molecular weight excluding hydrogens is 580 g/mol. The molecule has 6 heteroatoms. The molecule has 1 spiro atoms. The van der Waals surface area contributed by atoms with E-state index in [1.54, 1.807) is 0 Å². The normalized spacial score (nSPS) is 16.7. The third-order valence-corrected chi connectivity index (χ3v) is 10.4. The molecule has 47 heavy (non-hydrogen) atoms. The van der Waals surface area contributed by atoms with Crippen LogP contribution in [0.2, 0.25) is 0 Å². The van der Waals surface area contributed by atoms with Crippen molar-refractivity contribution < 1.29 is 18.7 Å². The molecular formula is C41H28N4O2+2. The first-order valence-corrected chi connectivity index (χ1v) is 16.0. The summed E-state index contributed by atoms with van der Waals surface area (Å²) in [6.07, 6.45) is 2.16. The lowest BCUT2D eigenvalue weighted by Gasteiger charge is -2.41. The number of ether oxygens (including phenoxy) is 2. The van der Waals surface area contributed by atoms with Crippen molar-refractivity contribution in [3.05, 3.63) is 156 Å². The average molecular weight is 609 g/mol. The Kier molecular flexibility index (Phi) is 4.57. The molecule has 0 fully saturated rings. The molecule has 0 aliphatic carbocycles. The molecule has 4 aliphatic rings. The van der Waals surface area contributed by atoms with Gasteiger partial charge in [-0.3, -0.25) is 0 Å². The van der Waals surface area contributed by atoms with E-state index in [4.69, 9.17) is 9.47 Å². The summed E-state index contributed by atoms with van der Waals surface area (Å²) in [5.74, 6) is 3.33. The molecule has 1 atom stereocenters. The van der Waals surface area contributed by atoms with Gasteiger partial charge in [-0.15, -0.1) is 4.68 Å². The van der Waals surface area contributed by atoms with E-state index < -0.39 is 5.66 Å². The molecule has 4 aliphatic heterocycles. The Balaban J connectivity index is 1.26. The highest BCUT2D eigenvalue weighted by atomic mass is 16.5. The number of rotatable bonds is 2. The zero-order chi connectivity index (χ0) is 31.0. The topological polar surface area (TPSA) is 34.4 Å². The van der Waals surface area contributed by atoms with Crippen molar-refractivity contribution in [3.63, 3.8) is 0 Å². The van der Waals surface area contributed by atoms with E-state index in [0.717, 1.165) is 51.4 Å². The standard InChI is InChI=1S/C41H28N4O2/c1-25-37(29-20-18-28(19-21-29)27-11-4-3-5-12-27)26(2)45-41-38-31(14-10-16-34(38)47-36-17-8-9-24-42(36)41)43-30-13-6-7-15-33(30)46-35-23-22-32(44(25)45)39(41)40(35)43/h3-24H,1-2H3/q+2. The van der Waals surface area contributed by atoms with E-state index in [0.29, 0.717) is 0 Å². The molecule has 0 bridgehead atoms. The summed E-state index contributed by atoms with van der Waals surface area (Å²) in [7, 11) is 0. The first-order chi connectivity index (χ1) is 23.2. The van der Waals surface area contributed by atoms with Gasteiger partial charge in [-0.2, -0.15) is 0 Å². The maximum absolute atomic E-state index is 6.73. The number of nitrogens with zero attached hydrogens (tertiary/aromatic N) is 4. The fourth-order valence-corrected chi connectivity index (χ4v) is 8.64. The Labute approximate surface area is 271 Å². The van der Waals surface area contributed by atoms with Gasteiger partial charge in [-0.1, -0.05) is 77.4 Å². The zero-order valence-corrected chi connectivity index (χ0v) is 25.8. The van der Waals surface area contributed by atoms with Crippen LogP contribution in [0, 0.1) is 13.8 Å². The Morgan fingerprint density at radius 3 is 2.15 bits per heavy atom. The largest absolute Gasteiger partial charge is 0.453 e. The molecule has 222 valence electrons. The summed E-state index contributed by atoms with van der Waals surface area (Å²) in [6.45, 7) is 4.51. The van der Waals surface area contributed by atoms with E-state index in [1.165, 1.54) is 39.2 Å². The number of hydrogen-bond donors (Lipinski definition) is 0. The molecule has 5 aromatic carbocycles. The highest BCUT2D eigenvalue weighted by Crippen LogP contribution is 2.63. The van der Waals surface area contributed by atoms with Crippen molar-refractivity contribution in [2.75, 3.05) is 4.90 Å². The van der Waals surface area contributed by atoms with Crippen LogP contribution >= 0.6 is 0 Å². The van der Waals surface area contributed by atoms with Crippen LogP contribution in [0.5, 0.6) is 23.1 Å². The number of pyridine rings is 1. The van der Waals surface area contributed by atoms with Gasteiger partial charge < -0.3 is 14.4 Å². The number of benzene rings is 5. The van der Waals surface area contributed by atoms with Crippen molar-refractivity contribution in [2.24, 2.45) is 0 Å². The van der Waals surface area contributed by atoms with Crippen LogP contribution in [0.15, 0.2) is 134 Å². The molecule has 6 nitrogen and oxygen atoms in total. The number of para-hydroxylation sites is 2. The minimum absolute atomic E-state index is 0.759. The molecule has 0 radical (unpaired) electrons. The number of fused-ring (bicyclic) bond motifs is 6. The fourth-order valence-electron chi connectivity index (χ4n) is 8.64. The molecule has 0 saturated heterocycles. The lowest BCUT2D eigenvalue weighted by atomic mass is 9.81. The maximum Gasteiger partial charge on any atom is 0.449 e. The average Bonchev–Trinajstić information content (AvgIpc) is 3.57. The van der Waals surface area contributed by atoms with E-state index in [2.05, 4.69) is 148 Å². The number of anilines is 3. The molecule has 0 saturated carbocycles. The third-order valence-electron chi connectivity index (χ3n) is 10.4. The molecule has 11 rings (SSSR count). The van der Waals surface area contributed by atoms with Gasteiger partial charge in [0.2, 0.25) is 5.69 Å². The summed E-state index contributed by atoms with van der Waals surface area (Å²) < 4.78 is 20.6. The van der Waals surface area contributed by atoms with Crippen LogP contribution in [0.1, 0.15) is 22.5 Å². The van der Waals surface area contributed by atoms with Gasteiger partial charge >= 0.3 is 11.5 Å². The number of aromatic nitrogens is 3. The molecule has 0 N–H and O–H groups in total. The zero-order valence-electron chi connectivity index (χ0n) is 25.8. The van der Waals surface area contributed by atoms with Crippen LogP contribution in [0.3, 0.4) is 0 Å². The van der Waals surface area contributed by atoms with Crippen LogP contribution in [0.25, 0.3) is 27.9 Å². The van der Waals surface area contributed by atoms with Gasteiger partial charge in [0.15, 0.2) is 34.6 Å². The van der Waals surface area contributed by atoms with Crippen molar-refractivity contribution in [1.29, 1.82) is 0 Å². The Hall–Kier alpha value is -6.14. The second-order valence-corrected chi connectivity index (χ2v) is 12.7. The monoisotopic (exact) mass is 608 g/mol. The second kappa shape index (κ2) is 8.56. The fraction of sp³-hybridized carbons (Fsp3) is 0.0732. The smallest absolute Gasteiger partial charge is 0.449 e. The Bertz CT molecular complexity index is 2500. The SMILES string of the molecule is Cc1c(-c2ccc(-c3ccccc3)cc2)c(C)[n+]2n1-c1ccc3c4c1C21c2c(cccc2N4c2ccccc2O3)Oc2cccc[n+]21. The van der Waals surface area contributed by atoms with Crippen molar-refractivity contribution in [1.82, 2.24) is 4.68 Å². The van der Waals surface area contributed by atoms with Gasteiger partial charge in [0.1, 0.15) is 11.4 Å². The molecule has 6 heterocycles. The van der Waals surface area contributed by atoms with Gasteiger partial charge in [-0.05, 0) is 70.8 Å². The number of hydrogen-bond acceptors (Lipinski definition) is 3. The van der Waals surface area contributed by atoms with E-state index in [1.807, 2.05) is 18.2 Å². The summed E-state index contributed by atoms with van der Waals surface area (Å²) in [5.41, 5.74) is 13.1. The molecule has 2 aromatic heterocycles. The van der Waals surface area contributed by atoms with Crippen LogP contribution in [-0.2, 0) is 5.66 Å². The van der Waals surface area contributed by atoms with E-state index in [-0.39, 0.29) is 0 Å². The molecule has 0 amide bonds. The molecule has 7 aromatic rings. The highest BCUT2D eigenvalue weighted by molar-refractivity contribution is 5.95. The minimum Gasteiger partial charge on any atom is -0.453 e. The predicted molar refractivity (Wildman–Crippen MR) is 179 cm³/mol.